The Kier molecular flexibility index (Phi) is 2.43. The molecule has 1 aliphatic rings. The van der Waals surface area contributed by atoms with Crippen molar-refractivity contribution in [2.24, 2.45) is 0 Å². The van der Waals surface area contributed by atoms with Gasteiger partial charge in [0, 0.05) is 12.7 Å². The van der Waals surface area contributed by atoms with E-state index in [9.17, 15) is 9.59 Å². The number of benzene rings is 1. The minimum Gasteiger partial charge on any atom is -0.365 e. The highest BCUT2D eigenvalue weighted by atomic mass is 16.5. The van der Waals surface area contributed by atoms with Crippen molar-refractivity contribution in [2.75, 3.05) is 7.11 Å². The van der Waals surface area contributed by atoms with Gasteiger partial charge in [-0.25, -0.2) is 0 Å². The zero-order chi connectivity index (χ0) is 11.9. The summed E-state index contributed by atoms with van der Waals surface area (Å²) in [6.07, 6.45) is -0.954. The van der Waals surface area contributed by atoms with E-state index in [-0.39, 0.29) is 11.6 Å². The molecule has 1 atom stereocenters. The van der Waals surface area contributed by atoms with Gasteiger partial charge in [-0.15, -0.1) is 0 Å². The van der Waals surface area contributed by atoms with E-state index in [1.165, 1.54) is 7.11 Å². The lowest BCUT2D eigenvalue weighted by Gasteiger charge is -2.34. The van der Waals surface area contributed by atoms with E-state index < -0.39 is 11.5 Å². The fourth-order valence-corrected chi connectivity index (χ4v) is 2.18. The first-order chi connectivity index (χ1) is 7.50. The van der Waals surface area contributed by atoms with Crippen LogP contribution >= 0.6 is 0 Å². The van der Waals surface area contributed by atoms with Crippen molar-refractivity contribution in [1.82, 2.24) is 0 Å². The molecular formula is C13H14O3. The molecule has 1 unspecified atom stereocenters. The van der Waals surface area contributed by atoms with Crippen LogP contribution in [0.4, 0.5) is 0 Å². The smallest absolute Gasteiger partial charge is 0.199 e. The van der Waals surface area contributed by atoms with Gasteiger partial charge in [0.25, 0.3) is 0 Å². The molecule has 0 amide bonds. The maximum Gasteiger partial charge on any atom is 0.199 e. The van der Waals surface area contributed by atoms with Gasteiger partial charge in [-0.05, 0) is 19.4 Å². The molecule has 0 saturated heterocycles. The minimum absolute atomic E-state index is 0.168. The molecule has 0 aliphatic heterocycles. The van der Waals surface area contributed by atoms with Crippen LogP contribution in [0.15, 0.2) is 24.3 Å². The van der Waals surface area contributed by atoms with Crippen LogP contribution in [0.3, 0.4) is 0 Å². The van der Waals surface area contributed by atoms with Gasteiger partial charge in [-0.1, -0.05) is 24.3 Å². The third kappa shape index (κ3) is 1.32. The SMILES string of the molecule is COC1C(=O)c2ccccc2C(C)(C)C1=O. The molecule has 0 bridgehead atoms. The number of carbonyl (C=O) groups excluding carboxylic acids is 2. The minimum atomic E-state index is -0.954. The monoisotopic (exact) mass is 218 g/mol. The number of methoxy groups -OCH3 is 1. The normalized spacial score (nSPS) is 23.1. The lowest BCUT2D eigenvalue weighted by molar-refractivity contribution is -0.131. The number of fused-ring (bicyclic) bond motifs is 1. The van der Waals surface area contributed by atoms with Crippen molar-refractivity contribution in [1.29, 1.82) is 0 Å². The third-order valence-corrected chi connectivity index (χ3v) is 3.19. The van der Waals surface area contributed by atoms with Crippen LogP contribution in [-0.2, 0) is 14.9 Å². The Balaban J connectivity index is 2.67. The van der Waals surface area contributed by atoms with Crippen LogP contribution in [0.25, 0.3) is 0 Å². The van der Waals surface area contributed by atoms with Crippen molar-refractivity contribution < 1.29 is 14.3 Å². The summed E-state index contributed by atoms with van der Waals surface area (Å²) in [5, 5.41) is 0. The predicted octanol–water partition coefficient (Wildman–Crippen LogP) is 1.74. The van der Waals surface area contributed by atoms with Crippen LogP contribution in [-0.4, -0.2) is 24.8 Å². The average molecular weight is 218 g/mol. The first-order valence-corrected chi connectivity index (χ1v) is 5.21. The van der Waals surface area contributed by atoms with E-state index in [2.05, 4.69) is 0 Å². The summed E-state index contributed by atoms with van der Waals surface area (Å²) in [5.74, 6) is -0.402. The van der Waals surface area contributed by atoms with Crippen LogP contribution in [0.2, 0.25) is 0 Å². The van der Waals surface area contributed by atoms with Gasteiger partial charge >= 0.3 is 0 Å². The third-order valence-electron chi connectivity index (χ3n) is 3.19. The Morgan fingerprint density at radius 1 is 1.19 bits per heavy atom. The van der Waals surface area contributed by atoms with E-state index in [1.807, 2.05) is 26.0 Å². The molecule has 16 heavy (non-hydrogen) atoms. The molecule has 2 rings (SSSR count). The van der Waals surface area contributed by atoms with Crippen LogP contribution < -0.4 is 0 Å². The molecule has 3 heteroatoms. The second-order valence-electron chi connectivity index (χ2n) is 4.51. The molecule has 3 nitrogen and oxygen atoms in total. The molecule has 0 N–H and O–H groups in total. The van der Waals surface area contributed by atoms with Gasteiger partial charge in [0.05, 0.1) is 5.41 Å². The lowest BCUT2D eigenvalue weighted by atomic mass is 9.70. The largest absolute Gasteiger partial charge is 0.365 e. The second-order valence-corrected chi connectivity index (χ2v) is 4.51. The van der Waals surface area contributed by atoms with Gasteiger partial charge in [0.2, 0.25) is 0 Å². The first kappa shape index (κ1) is 11.0. The molecule has 1 aromatic carbocycles. The summed E-state index contributed by atoms with van der Waals surface area (Å²) in [7, 11) is 1.39. The molecule has 0 saturated carbocycles. The highest BCUT2D eigenvalue weighted by Gasteiger charge is 2.46. The number of ether oxygens (including phenoxy) is 1. The molecule has 0 heterocycles. The number of hydrogen-bond donors (Lipinski definition) is 0. The van der Waals surface area contributed by atoms with Crippen LogP contribution in [0.1, 0.15) is 29.8 Å². The molecule has 84 valence electrons. The van der Waals surface area contributed by atoms with Crippen LogP contribution in [0.5, 0.6) is 0 Å². The fraction of sp³-hybridized carbons (Fsp3) is 0.385. The Hall–Kier alpha value is -1.48. The maximum atomic E-state index is 12.1. The van der Waals surface area contributed by atoms with Crippen molar-refractivity contribution in [3.8, 4) is 0 Å². The summed E-state index contributed by atoms with van der Waals surface area (Å²) in [4.78, 5) is 24.1. The van der Waals surface area contributed by atoms with Crippen molar-refractivity contribution in [3.63, 3.8) is 0 Å². The summed E-state index contributed by atoms with van der Waals surface area (Å²) in [6, 6.07) is 7.22. The van der Waals surface area contributed by atoms with Crippen molar-refractivity contribution in [2.45, 2.75) is 25.4 Å². The molecule has 0 spiro atoms. The molecule has 1 aromatic rings. The van der Waals surface area contributed by atoms with E-state index in [0.29, 0.717) is 5.56 Å². The zero-order valence-electron chi connectivity index (χ0n) is 9.61. The standard InChI is InChI=1S/C13H14O3/c1-13(2)9-7-5-4-6-8(9)10(14)11(16-3)12(13)15/h4-7,11H,1-3H3. The average Bonchev–Trinajstić information content (AvgIpc) is 2.28. The number of Topliss-reactive ketones (excluding diaryl/α,β-unsaturated/α-hetero) is 2. The van der Waals surface area contributed by atoms with Gasteiger partial charge in [0.15, 0.2) is 17.7 Å². The Bertz CT molecular complexity index is 460. The summed E-state index contributed by atoms with van der Waals surface area (Å²) in [5.41, 5.74) is 0.725. The molecule has 1 aliphatic carbocycles. The highest BCUT2D eigenvalue weighted by molar-refractivity contribution is 6.20. The quantitative estimate of drug-likeness (QED) is 0.674. The number of ketones is 2. The van der Waals surface area contributed by atoms with Crippen molar-refractivity contribution >= 4 is 11.6 Å². The Labute approximate surface area is 94.4 Å². The van der Waals surface area contributed by atoms with E-state index in [1.54, 1.807) is 12.1 Å². The molecule has 0 aromatic heterocycles. The summed E-state index contributed by atoms with van der Waals surface area (Å²) >= 11 is 0. The van der Waals surface area contributed by atoms with Gasteiger partial charge in [0.1, 0.15) is 0 Å². The van der Waals surface area contributed by atoms with Gasteiger partial charge < -0.3 is 4.74 Å². The maximum absolute atomic E-state index is 12.1. The van der Waals surface area contributed by atoms with Gasteiger partial charge in [-0.3, -0.25) is 9.59 Å². The van der Waals surface area contributed by atoms with Crippen molar-refractivity contribution in [3.05, 3.63) is 35.4 Å². The van der Waals surface area contributed by atoms with Gasteiger partial charge in [-0.2, -0.15) is 0 Å². The Morgan fingerprint density at radius 2 is 1.81 bits per heavy atom. The molecular weight excluding hydrogens is 204 g/mol. The summed E-state index contributed by atoms with van der Waals surface area (Å²) in [6.45, 7) is 3.65. The fourth-order valence-electron chi connectivity index (χ4n) is 2.18. The second kappa shape index (κ2) is 3.52. The summed E-state index contributed by atoms with van der Waals surface area (Å²) < 4.78 is 5.01. The lowest BCUT2D eigenvalue weighted by Crippen LogP contribution is -2.48. The Morgan fingerprint density at radius 3 is 2.44 bits per heavy atom. The predicted molar refractivity (Wildman–Crippen MR) is 59.6 cm³/mol. The number of carbonyl (C=O) groups is 2. The van der Waals surface area contributed by atoms with E-state index in [0.717, 1.165) is 5.56 Å². The zero-order valence-corrected chi connectivity index (χ0v) is 9.61. The highest BCUT2D eigenvalue weighted by Crippen LogP contribution is 2.34. The first-order valence-electron chi connectivity index (χ1n) is 5.21. The topological polar surface area (TPSA) is 43.4 Å². The molecule has 0 radical (unpaired) electrons. The van der Waals surface area contributed by atoms with E-state index >= 15 is 0 Å². The molecule has 0 fully saturated rings. The number of rotatable bonds is 1. The van der Waals surface area contributed by atoms with Crippen LogP contribution in [0, 0.1) is 0 Å². The number of hydrogen-bond acceptors (Lipinski definition) is 3. The van der Waals surface area contributed by atoms with E-state index in [4.69, 9.17) is 4.74 Å².